The van der Waals surface area contributed by atoms with Crippen molar-refractivity contribution in [3.63, 3.8) is 0 Å². The Bertz CT molecular complexity index is 603. The van der Waals surface area contributed by atoms with Crippen LogP contribution in [-0.4, -0.2) is 13.1 Å². The summed E-state index contributed by atoms with van der Waals surface area (Å²) in [5.41, 5.74) is 2.15. The second-order valence-corrected chi connectivity index (χ2v) is 4.41. The van der Waals surface area contributed by atoms with Gasteiger partial charge in [-0.15, -0.1) is 0 Å². The summed E-state index contributed by atoms with van der Waals surface area (Å²) < 4.78 is 4.83. The molecule has 0 aliphatic carbocycles. The standard InChI is InChI=1S/C16H13ClO2/c1-19-16(18)15(10-12-6-3-2-4-7-12)13-8-5-9-14(17)11-13/h2-11H,1H3/b15-10-. The molecule has 0 radical (unpaired) electrons. The van der Waals surface area contributed by atoms with Crippen molar-refractivity contribution in [1.29, 1.82) is 0 Å². The van der Waals surface area contributed by atoms with Gasteiger partial charge in [0.1, 0.15) is 0 Å². The van der Waals surface area contributed by atoms with Crippen LogP contribution >= 0.6 is 11.6 Å². The molecule has 96 valence electrons. The maximum atomic E-state index is 11.9. The molecule has 0 spiro atoms. The number of methoxy groups -OCH3 is 1. The van der Waals surface area contributed by atoms with Gasteiger partial charge >= 0.3 is 5.97 Å². The van der Waals surface area contributed by atoms with Gasteiger partial charge in [0.25, 0.3) is 0 Å². The Morgan fingerprint density at radius 2 is 1.84 bits per heavy atom. The minimum Gasteiger partial charge on any atom is -0.465 e. The van der Waals surface area contributed by atoms with Crippen LogP contribution in [0.15, 0.2) is 54.6 Å². The molecule has 19 heavy (non-hydrogen) atoms. The van der Waals surface area contributed by atoms with Crippen molar-refractivity contribution in [2.24, 2.45) is 0 Å². The van der Waals surface area contributed by atoms with E-state index in [9.17, 15) is 4.79 Å². The summed E-state index contributed by atoms with van der Waals surface area (Å²) in [7, 11) is 1.37. The third-order valence-electron chi connectivity index (χ3n) is 2.65. The number of hydrogen-bond acceptors (Lipinski definition) is 2. The largest absolute Gasteiger partial charge is 0.465 e. The van der Waals surface area contributed by atoms with E-state index in [0.717, 1.165) is 11.1 Å². The zero-order valence-electron chi connectivity index (χ0n) is 10.5. The summed E-state index contributed by atoms with van der Waals surface area (Å²) in [5.74, 6) is -0.383. The highest BCUT2D eigenvalue weighted by atomic mass is 35.5. The Hall–Kier alpha value is -2.06. The Morgan fingerprint density at radius 3 is 2.47 bits per heavy atom. The van der Waals surface area contributed by atoms with Gasteiger partial charge in [0, 0.05) is 5.02 Å². The number of carbonyl (C=O) groups is 1. The van der Waals surface area contributed by atoms with E-state index in [1.165, 1.54) is 7.11 Å². The number of esters is 1. The van der Waals surface area contributed by atoms with Gasteiger partial charge in [0.2, 0.25) is 0 Å². The fourth-order valence-corrected chi connectivity index (χ4v) is 1.93. The molecule has 0 saturated heterocycles. The van der Waals surface area contributed by atoms with Gasteiger partial charge in [-0.3, -0.25) is 0 Å². The van der Waals surface area contributed by atoms with Crippen LogP contribution in [-0.2, 0) is 9.53 Å². The molecule has 0 N–H and O–H groups in total. The van der Waals surface area contributed by atoms with Crippen molar-refractivity contribution in [3.8, 4) is 0 Å². The molecule has 0 atom stereocenters. The summed E-state index contributed by atoms with van der Waals surface area (Å²) in [6.45, 7) is 0. The summed E-state index contributed by atoms with van der Waals surface area (Å²) in [6, 6.07) is 16.7. The molecule has 3 heteroatoms. The molecule has 0 aliphatic heterocycles. The predicted molar refractivity (Wildman–Crippen MR) is 77.8 cm³/mol. The van der Waals surface area contributed by atoms with E-state index >= 15 is 0 Å². The molecule has 2 aromatic carbocycles. The third kappa shape index (κ3) is 3.46. The predicted octanol–water partition coefficient (Wildman–Crippen LogP) is 4.05. The molecule has 0 aromatic heterocycles. The molecular formula is C16H13ClO2. The Kier molecular flexibility index (Phi) is 4.37. The first kappa shape index (κ1) is 13.4. The van der Waals surface area contributed by atoms with Crippen LogP contribution < -0.4 is 0 Å². The first-order chi connectivity index (χ1) is 9.20. The highest BCUT2D eigenvalue weighted by Gasteiger charge is 2.12. The van der Waals surface area contributed by atoms with E-state index in [2.05, 4.69) is 0 Å². The Balaban J connectivity index is 2.48. The summed E-state index contributed by atoms with van der Waals surface area (Å²) in [5, 5.41) is 0.584. The molecule has 0 bridgehead atoms. The van der Waals surface area contributed by atoms with Crippen LogP contribution in [0.1, 0.15) is 11.1 Å². The average molecular weight is 273 g/mol. The van der Waals surface area contributed by atoms with Gasteiger partial charge in [-0.25, -0.2) is 4.79 Å². The minimum atomic E-state index is -0.383. The highest BCUT2D eigenvalue weighted by molar-refractivity contribution is 6.31. The van der Waals surface area contributed by atoms with Crippen LogP contribution in [0.25, 0.3) is 11.6 Å². The lowest BCUT2D eigenvalue weighted by Crippen LogP contribution is -2.03. The number of halogens is 1. The number of carbonyl (C=O) groups excluding carboxylic acids is 1. The molecule has 0 unspecified atom stereocenters. The maximum Gasteiger partial charge on any atom is 0.338 e. The van der Waals surface area contributed by atoms with Crippen LogP contribution in [0.2, 0.25) is 5.02 Å². The van der Waals surface area contributed by atoms with Crippen LogP contribution in [0.3, 0.4) is 0 Å². The molecule has 2 rings (SSSR count). The van der Waals surface area contributed by atoms with E-state index in [4.69, 9.17) is 16.3 Å². The summed E-state index contributed by atoms with van der Waals surface area (Å²) in [4.78, 5) is 11.9. The molecule has 0 fully saturated rings. The second kappa shape index (κ2) is 6.21. The fraction of sp³-hybridized carbons (Fsp3) is 0.0625. The van der Waals surface area contributed by atoms with Crippen molar-refractivity contribution in [2.45, 2.75) is 0 Å². The number of hydrogen-bond donors (Lipinski definition) is 0. The van der Waals surface area contributed by atoms with E-state index in [1.54, 1.807) is 24.3 Å². The fourth-order valence-electron chi connectivity index (χ4n) is 1.74. The SMILES string of the molecule is COC(=O)/C(=C\c1ccccc1)c1cccc(Cl)c1. The first-order valence-corrected chi connectivity index (χ1v) is 6.19. The lowest BCUT2D eigenvalue weighted by Gasteiger charge is -2.06. The first-order valence-electron chi connectivity index (χ1n) is 5.81. The maximum absolute atomic E-state index is 11.9. The quantitative estimate of drug-likeness (QED) is 0.479. The highest BCUT2D eigenvalue weighted by Crippen LogP contribution is 2.22. The van der Waals surface area contributed by atoms with Gasteiger partial charge in [-0.05, 0) is 29.3 Å². The monoisotopic (exact) mass is 272 g/mol. The molecular weight excluding hydrogens is 260 g/mol. The Morgan fingerprint density at radius 1 is 1.11 bits per heavy atom. The molecule has 0 amide bonds. The average Bonchev–Trinajstić information content (AvgIpc) is 2.45. The van der Waals surface area contributed by atoms with Crippen LogP contribution in [0.4, 0.5) is 0 Å². The van der Waals surface area contributed by atoms with Crippen molar-refractivity contribution >= 4 is 29.2 Å². The molecule has 0 saturated carbocycles. The Labute approximate surface area is 117 Å². The minimum absolute atomic E-state index is 0.383. The van der Waals surface area contributed by atoms with Crippen LogP contribution in [0.5, 0.6) is 0 Å². The van der Waals surface area contributed by atoms with Gasteiger partial charge in [-0.1, -0.05) is 54.1 Å². The number of rotatable bonds is 3. The van der Waals surface area contributed by atoms with E-state index in [0.29, 0.717) is 10.6 Å². The molecule has 2 aromatic rings. The van der Waals surface area contributed by atoms with Crippen molar-refractivity contribution in [2.75, 3.05) is 7.11 Å². The summed E-state index contributed by atoms with van der Waals surface area (Å²) in [6.07, 6.45) is 1.79. The zero-order chi connectivity index (χ0) is 13.7. The van der Waals surface area contributed by atoms with E-state index in [-0.39, 0.29) is 5.97 Å². The zero-order valence-corrected chi connectivity index (χ0v) is 11.2. The molecule has 0 aliphatic rings. The van der Waals surface area contributed by atoms with E-state index in [1.807, 2.05) is 36.4 Å². The van der Waals surface area contributed by atoms with Crippen molar-refractivity contribution in [1.82, 2.24) is 0 Å². The number of benzene rings is 2. The lowest BCUT2D eigenvalue weighted by atomic mass is 10.0. The van der Waals surface area contributed by atoms with Crippen molar-refractivity contribution < 1.29 is 9.53 Å². The third-order valence-corrected chi connectivity index (χ3v) is 2.89. The normalized spacial score (nSPS) is 11.2. The topological polar surface area (TPSA) is 26.3 Å². The van der Waals surface area contributed by atoms with E-state index < -0.39 is 0 Å². The van der Waals surface area contributed by atoms with Gasteiger partial charge in [0.15, 0.2) is 0 Å². The van der Waals surface area contributed by atoms with Crippen molar-refractivity contribution in [3.05, 3.63) is 70.7 Å². The number of ether oxygens (including phenoxy) is 1. The van der Waals surface area contributed by atoms with Gasteiger partial charge in [-0.2, -0.15) is 0 Å². The lowest BCUT2D eigenvalue weighted by molar-refractivity contribution is -0.133. The second-order valence-electron chi connectivity index (χ2n) is 3.97. The molecule has 0 heterocycles. The van der Waals surface area contributed by atoms with Crippen LogP contribution in [0, 0.1) is 0 Å². The smallest absolute Gasteiger partial charge is 0.338 e. The van der Waals surface area contributed by atoms with Gasteiger partial charge in [0.05, 0.1) is 12.7 Å². The van der Waals surface area contributed by atoms with Gasteiger partial charge < -0.3 is 4.74 Å². The molecule has 2 nitrogen and oxygen atoms in total. The summed E-state index contributed by atoms with van der Waals surface area (Å²) >= 11 is 5.96.